The molecule has 0 radical (unpaired) electrons. The molecule has 0 aliphatic heterocycles. The number of benzene rings is 3. The summed E-state index contributed by atoms with van der Waals surface area (Å²) >= 11 is 0. The van der Waals surface area contributed by atoms with Gasteiger partial charge in [-0.05, 0) is 74.4 Å². The van der Waals surface area contributed by atoms with Crippen molar-refractivity contribution in [2.24, 2.45) is 0 Å². The Kier molecular flexibility index (Phi) is 3.96. The van der Waals surface area contributed by atoms with Crippen LogP contribution in [0.15, 0.2) is 54.6 Å². The van der Waals surface area contributed by atoms with Crippen molar-refractivity contribution in [3.8, 4) is 11.1 Å². The zero-order valence-electron chi connectivity index (χ0n) is 16.3. The van der Waals surface area contributed by atoms with Crippen molar-refractivity contribution < 1.29 is 5.11 Å². The first kappa shape index (κ1) is 17.3. The highest BCUT2D eigenvalue weighted by molar-refractivity contribution is 5.88. The summed E-state index contributed by atoms with van der Waals surface area (Å²) in [6, 6.07) is 19.9. The quantitative estimate of drug-likeness (QED) is 0.574. The van der Waals surface area contributed by atoms with Gasteiger partial charge >= 0.3 is 0 Å². The van der Waals surface area contributed by atoms with E-state index in [4.69, 9.17) is 0 Å². The van der Waals surface area contributed by atoms with Crippen molar-refractivity contribution >= 4 is 10.8 Å². The molecule has 0 amide bonds. The Morgan fingerprint density at radius 3 is 2.00 bits per heavy atom. The largest absolute Gasteiger partial charge is 0.392 e. The molecule has 134 valence electrons. The summed E-state index contributed by atoms with van der Waals surface area (Å²) in [5.41, 5.74) is 7.01. The van der Waals surface area contributed by atoms with Crippen LogP contribution in [0.2, 0.25) is 0 Å². The maximum atomic E-state index is 9.33. The molecule has 0 atom stereocenters. The third kappa shape index (κ3) is 2.85. The minimum Gasteiger partial charge on any atom is -0.392 e. The van der Waals surface area contributed by atoms with Crippen LogP contribution in [0, 0.1) is 0 Å². The zero-order chi connectivity index (χ0) is 18.5. The van der Waals surface area contributed by atoms with E-state index < -0.39 is 0 Å². The molecule has 1 aliphatic carbocycles. The number of hydrogen-bond donors (Lipinski definition) is 1. The summed E-state index contributed by atoms with van der Waals surface area (Å²) in [6.07, 6.45) is 2.48. The standard InChI is InChI=1S/C25H28O/c1-24(2)11-12-25(3,4)23-15-21(9-10-22(23)24)20-8-7-18-13-17(16-26)5-6-19(18)14-20/h5-10,13-15,26H,11-12,16H2,1-4H3. The highest BCUT2D eigenvalue weighted by atomic mass is 16.3. The molecule has 0 spiro atoms. The number of aliphatic hydroxyl groups excluding tert-OH is 1. The van der Waals surface area contributed by atoms with Gasteiger partial charge in [-0.25, -0.2) is 0 Å². The maximum absolute atomic E-state index is 9.33. The van der Waals surface area contributed by atoms with Crippen LogP contribution >= 0.6 is 0 Å². The van der Waals surface area contributed by atoms with Gasteiger partial charge in [-0.2, -0.15) is 0 Å². The number of fused-ring (bicyclic) bond motifs is 2. The highest BCUT2D eigenvalue weighted by Crippen LogP contribution is 2.46. The average Bonchev–Trinajstić information content (AvgIpc) is 2.64. The average molecular weight is 344 g/mol. The molecule has 1 nitrogen and oxygen atoms in total. The lowest BCUT2D eigenvalue weighted by molar-refractivity contribution is 0.282. The van der Waals surface area contributed by atoms with E-state index in [1.54, 1.807) is 0 Å². The van der Waals surface area contributed by atoms with E-state index in [9.17, 15) is 5.11 Å². The van der Waals surface area contributed by atoms with Crippen LogP contribution in [0.25, 0.3) is 21.9 Å². The Labute approximate surface area is 156 Å². The van der Waals surface area contributed by atoms with Gasteiger partial charge in [-0.1, -0.05) is 70.2 Å². The molecule has 4 rings (SSSR count). The van der Waals surface area contributed by atoms with Gasteiger partial charge < -0.3 is 5.11 Å². The molecule has 1 heteroatoms. The fourth-order valence-electron chi connectivity index (χ4n) is 4.34. The second-order valence-electron chi connectivity index (χ2n) is 9.08. The topological polar surface area (TPSA) is 20.2 Å². The van der Waals surface area contributed by atoms with Crippen LogP contribution in [-0.2, 0) is 17.4 Å². The van der Waals surface area contributed by atoms with Crippen LogP contribution in [0.3, 0.4) is 0 Å². The Bertz CT molecular complexity index is 979. The van der Waals surface area contributed by atoms with E-state index in [0.717, 1.165) is 5.56 Å². The third-order valence-electron chi connectivity index (χ3n) is 6.27. The van der Waals surface area contributed by atoms with Gasteiger partial charge in [0.2, 0.25) is 0 Å². The summed E-state index contributed by atoms with van der Waals surface area (Å²) in [4.78, 5) is 0. The van der Waals surface area contributed by atoms with Crippen molar-refractivity contribution in [2.45, 2.75) is 58.0 Å². The molecule has 0 aromatic heterocycles. The normalized spacial score (nSPS) is 17.9. The number of hydrogen-bond acceptors (Lipinski definition) is 1. The molecule has 26 heavy (non-hydrogen) atoms. The minimum atomic E-state index is 0.0907. The fourth-order valence-corrected chi connectivity index (χ4v) is 4.34. The zero-order valence-corrected chi connectivity index (χ0v) is 16.3. The molecule has 0 unspecified atom stereocenters. The second-order valence-corrected chi connectivity index (χ2v) is 9.08. The van der Waals surface area contributed by atoms with Crippen LogP contribution < -0.4 is 0 Å². The van der Waals surface area contributed by atoms with Gasteiger partial charge in [0.05, 0.1) is 6.61 Å². The third-order valence-corrected chi connectivity index (χ3v) is 6.27. The van der Waals surface area contributed by atoms with Gasteiger partial charge in [0.15, 0.2) is 0 Å². The van der Waals surface area contributed by atoms with E-state index in [2.05, 4.69) is 76.2 Å². The van der Waals surface area contributed by atoms with Crippen molar-refractivity contribution in [3.05, 3.63) is 71.3 Å². The van der Waals surface area contributed by atoms with Gasteiger partial charge in [0.25, 0.3) is 0 Å². The number of aliphatic hydroxyl groups is 1. The van der Waals surface area contributed by atoms with Gasteiger partial charge in [-0.3, -0.25) is 0 Å². The first-order valence-electron chi connectivity index (χ1n) is 9.59. The van der Waals surface area contributed by atoms with Crippen LogP contribution in [0.4, 0.5) is 0 Å². The smallest absolute Gasteiger partial charge is 0.0682 e. The lowest BCUT2D eigenvalue weighted by atomic mass is 9.63. The maximum Gasteiger partial charge on any atom is 0.0682 e. The Hall–Kier alpha value is -2.12. The van der Waals surface area contributed by atoms with Gasteiger partial charge in [0.1, 0.15) is 0 Å². The summed E-state index contributed by atoms with van der Waals surface area (Å²) in [5, 5.41) is 11.7. The molecule has 0 bridgehead atoms. The van der Waals surface area contributed by atoms with Gasteiger partial charge in [-0.15, -0.1) is 0 Å². The summed E-state index contributed by atoms with van der Waals surface area (Å²) < 4.78 is 0. The van der Waals surface area contributed by atoms with E-state index in [-0.39, 0.29) is 17.4 Å². The van der Waals surface area contributed by atoms with Gasteiger partial charge in [0, 0.05) is 0 Å². The van der Waals surface area contributed by atoms with Crippen molar-refractivity contribution in [2.75, 3.05) is 0 Å². The lowest BCUT2D eigenvalue weighted by Gasteiger charge is -2.42. The second kappa shape index (κ2) is 5.96. The fraction of sp³-hybridized carbons (Fsp3) is 0.360. The molecular formula is C25H28O. The van der Waals surface area contributed by atoms with E-state index in [0.29, 0.717) is 0 Å². The predicted octanol–water partition coefficient (Wildman–Crippen LogP) is 6.35. The van der Waals surface area contributed by atoms with E-state index in [1.807, 2.05) is 6.07 Å². The highest BCUT2D eigenvalue weighted by Gasteiger charge is 2.36. The Balaban J connectivity index is 1.83. The molecule has 0 heterocycles. The molecule has 1 N–H and O–H groups in total. The monoisotopic (exact) mass is 344 g/mol. The first-order valence-corrected chi connectivity index (χ1v) is 9.59. The van der Waals surface area contributed by atoms with E-state index in [1.165, 1.54) is 45.9 Å². The summed E-state index contributed by atoms with van der Waals surface area (Å²) in [6.45, 7) is 9.59. The Morgan fingerprint density at radius 2 is 1.27 bits per heavy atom. The molecule has 3 aromatic rings. The summed E-state index contributed by atoms with van der Waals surface area (Å²) in [7, 11) is 0. The first-order chi connectivity index (χ1) is 12.3. The molecule has 0 saturated carbocycles. The molecule has 3 aromatic carbocycles. The Morgan fingerprint density at radius 1 is 0.692 bits per heavy atom. The SMILES string of the molecule is CC1(C)CCC(C)(C)c2cc(-c3ccc4cc(CO)ccc4c3)ccc21. The number of rotatable bonds is 2. The summed E-state index contributed by atoms with van der Waals surface area (Å²) in [5.74, 6) is 0. The predicted molar refractivity (Wildman–Crippen MR) is 111 cm³/mol. The molecule has 0 fully saturated rings. The van der Waals surface area contributed by atoms with Crippen molar-refractivity contribution in [3.63, 3.8) is 0 Å². The van der Waals surface area contributed by atoms with Crippen LogP contribution in [0.5, 0.6) is 0 Å². The van der Waals surface area contributed by atoms with Crippen molar-refractivity contribution in [1.29, 1.82) is 0 Å². The molecule has 0 saturated heterocycles. The van der Waals surface area contributed by atoms with Crippen LogP contribution in [-0.4, -0.2) is 5.11 Å². The minimum absolute atomic E-state index is 0.0907. The lowest BCUT2D eigenvalue weighted by Crippen LogP contribution is -2.33. The molecular weight excluding hydrogens is 316 g/mol. The van der Waals surface area contributed by atoms with Crippen molar-refractivity contribution in [1.82, 2.24) is 0 Å². The molecule has 1 aliphatic rings. The van der Waals surface area contributed by atoms with Crippen LogP contribution in [0.1, 0.15) is 57.2 Å². The van der Waals surface area contributed by atoms with E-state index >= 15 is 0 Å².